The Morgan fingerprint density at radius 2 is 2.38 bits per heavy atom. The van der Waals surface area contributed by atoms with Gasteiger partial charge in [0.2, 0.25) is 0 Å². The van der Waals surface area contributed by atoms with Crippen molar-refractivity contribution >= 4 is 17.5 Å². The molecule has 1 heterocycles. The van der Waals surface area contributed by atoms with Crippen LogP contribution in [0, 0.1) is 6.92 Å². The van der Waals surface area contributed by atoms with Crippen LogP contribution in [0.3, 0.4) is 0 Å². The molecule has 116 valence electrons. The lowest BCUT2D eigenvalue weighted by Crippen LogP contribution is -2.41. The van der Waals surface area contributed by atoms with Crippen LogP contribution in [-0.2, 0) is 9.53 Å². The predicted octanol–water partition coefficient (Wildman–Crippen LogP) is 3.10. The van der Waals surface area contributed by atoms with E-state index in [1.54, 1.807) is 6.07 Å². The summed E-state index contributed by atoms with van der Waals surface area (Å²) in [7, 11) is 0. The number of hydrogen-bond acceptors (Lipinski definition) is 3. The molecule has 0 saturated carbocycles. The average molecular weight is 312 g/mol. The fraction of sp³-hybridized carbons (Fsp3) is 0.562. The highest BCUT2D eigenvalue weighted by molar-refractivity contribution is 6.32. The first kappa shape index (κ1) is 16.1. The number of halogens is 1. The molecule has 2 rings (SSSR count). The summed E-state index contributed by atoms with van der Waals surface area (Å²) in [6.07, 6.45) is 2.25. The van der Waals surface area contributed by atoms with Crippen molar-refractivity contribution in [3.8, 4) is 5.75 Å². The van der Waals surface area contributed by atoms with Crippen molar-refractivity contribution in [2.45, 2.75) is 45.3 Å². The molecular weight excluding hydrogens is 290 g/mol. The van der Waals surface area contributed by atoms with Gasteiger partial charge in [0, 0.05) is 13.2 Å². The quantitative estimate of drug-likeness (QED) is 0.878. The maximum Gasteiger partial charge on any atom is 0.261 e. The fourth-order valence-corrected chi connectivity index (χ4v) is 2.47. The van der Waals surface area contributed by atoms with Crippen molar-refractivity contribution in [3.05, 3.63) is 28.8 Å². The zero-order chi connectivity index (χ0) is 15.2. The Morgan fingerprint density at radius 3 is 3.05 bits per heavy atom. The molecule has 0 bridgehead atoms. The number of hydrogen-bond donors (Lipinski definition) is 1. The lowest BCUT2D eigenvalue weighted by atomic mass is 10.2. The number of amides is 1. The lowest BCUT2D eigenvalue weighted by Gasteiger charge is -2.19. The zero-order valence-corrected chi connectivity index (χ0v) is 13.3. The van der Waals surface area contributed by atoms with Gasteiger partial charge in [-0.1, -0.05) is 24.6 Å². The molecule has 0 aromatic heterocycles. The number of aryl methyl sites for hydroxylation is 1. The van der Waals surface area contributed by atoms with E-state index in [0.29, 0.717) is 23.7 Å². The second-order valence-electron chi connectivity index (χ2n) is 5.33. The summed E-state index contributed by atoms with van der Waals surface area (Å²) in [5, 5.41) is 3.42. The molecule has 1 aromatic carbocycles. The van der Waals surface area contributed by atoms with E-state index in [4.69, 9.17) is 21.1 Å². The van der Waals surface area contributed by atoms with E-state index >= 15 is 0 Å². The Hall–Kier alpha value is -1.26. The molecular formula is C16H22ClNO3. The van der Waals surface area contributed by atoms with Gasteiger partial charge in [-0.3, -0.25) is 4.79 Å². The van der Waals surface area contributed by atoms with Gasteiger partial charge in [-0.05, 0) is 43.9 Å². The van der Waals surface area contributed by atoms with Crippen LogP contribution in [0.25, 0.3) is 0 Å². The van der Waals surface area contributed by atoms with E-state index in [9.17, 15) is 4.79 Å². The van der Waals surface area contributed by atoms with Gasteiger partial charge in [0.05, 0.1) is 11.1 Å². The highest BCUT2D eigenvalue weighted by Crippen LogP contribution is 2.26. The topological polar surface area (TPSA) is 47.6 Å². The van der Waals surface area contributed by atoms with Crippen LogP contribution < -0.4 is 10.1 Å². The van der Waals surface area contributed by atoms with Crippen LogP contribution in [0.15, 0.2) is 18.2 Å². The van der Waals surface area contributed by atoms with Crippen LogP contribution in [0.5, 0.6) is 5.75 Å². The minimum Gasteiger partial charge on any atom is -0.479 e. The third-order valence-corrected chi connectivity index (χ3v) is 3.86. The molecule has 1 fully saturated rings. The Morgan fingerprint density at radius 1 is 1.57 bits per heavy atom. The summed E-state index contributed by atoms with van der Waals surface area (Å²) in [5.41, 5.74) is 1.05. The predicted molar refractivity (Wildman–Crippen MR) is 82.9 cm³/mol. The van der Waals surface area contributed by atoms with Crippen molar-refractivity contribution in [1.29, 1.82) is 0 Å². The monoisotopic (exact) mass is 311 g/mol. The molecule has 0 unspecified atom stereocenters. The number of nitrogens with one attached hydrogen (secondary N) is 1. The largest absolute Gasteiger partial charge is 0.479 e. The minimum absolute atomic E-state index is 0.120. The normalized spacial score (nSPS) is 19.3. The van der Waals surface area contributed by atoms with Crippen LogP contribution in [0.2, 0.25) is 5.02 Å². The Bertz CT molecular complexity index is 486. The molecule has 1 aliphatic heterocycles. The van der Waals surface area contributed by atoms with Gasteiger partial charge in [0.1, 0.15) is 5.75 Å². The van der Waals surface area contributed by atoms with Crippen LogP contribution >= 0.6 is 11.6 Å². The maximum atomic E-state index is 12.2. The Kier molecular flexibility index (Phi) is 5.88. The molecule has 21 heavy (non-hydrogen) atoms. The molecule has 0 aliphatic carbocycles. The van der Waals surface area contributed by atoms with Crippen molar-refractivity contribution < 1.29 is 14.3 Å². The molecule has 0 radical (unpaired) electrons. The van der Waals surface area contributed by atoms with Crippen LogP contribution in [0.1, 0.15) is 31.7 Å². The van der Waals surface area contributed by atoms with Gasteiger partial charge in [-0.25, -0.2) is 0 Å². The summed E-state index contributed by atoms with van der Waals surface area (Å²) in [6, 6.07) is 5.54. The van der Waals surface area contributed by atoms with Gasteiger partial charge >= 0.3 is 0 Å². The minimum atomic E-state index is -0.536. The van der Waals surface area contributed by atoms with Gasteiger partial charge in [-0.15, -0.1) is 0 Å². The third kappa shape index (κ3) is 4.61. The van der Waals surface area contributed by atoms with Gasteiger partial charge < -0.3 is 14.8 Å². The molecule has 0 spiro atoms. The van der Waals surface area contributed by atoms with E-state index in [1.165, 1.54) is 0 Å². The highest BCUT2D eigenvalue weighted by Gasteiger charge is 2.22. The summed E-state index contributed by atoms with van der Waals surface area (Å²) in [6.45, 7) is 5.20. The fourth-order valence-electron chi connectivity index (χ4n) is 2.31. The Labute approximate surface area is 130 Å². The number of carbonyl (C=O) groups is 1. The summed E-state index contributed by atoms with van der Waals surface area (Å²) < 4.78 is 11.3. The molecule has 1 N–H and O–H groups in total. The summed E-state index contributed by atoms with van der Waals surface area (Å²) >= 11 is 6.11. The van der Waals surface area contributed by atoms with Crippen molar-refractivity contribution in [2.24, 2.45) is 0 Å². The second-order valence-corrected chi connectivity index (χ2v) is 5.74. The molecule has 1 saturated heterocycles. The smallest absolute Gasteiger partial charge is 0.261 e. The molecule has 1 amide bonds. The van der Waals surface area contributed by atoms with Crippen LogP contribution in [-0.4, -0.2) is 31.3 Å². The summed E-state index contributed by atoms with van der Waals surface area (Å²) in [5.74, 6) is 0.432. The summed E-state index contributed by atoms with van der Waals surface area (Å²) in [4.78, 5) is 12.2. The zero-order valence-electron chi connectivity index (χ0n) is 12.5. The maximum absolute atomic E-state index is 12.2. The highest BCUT2D eigenvalue weighted by atomic mass is 35.5. The van der Waals surface area contributed by atoms with E-state index in [-0.39, 0.29) is 12.0 Å². The van der Waals surface area contributed by atoms with E-state index < -0.39 is 6.10 Å². The molecule has 1 aromatic rings. The van der Waals surface area contributed by atoms with Crippen molar-refractivity contribution in [3.63, 3.8) is 0 Å². The number of carbonyl (C=O) groups excluding carboxylic acids is 1. The second kappa shape index (κ2) is 7.66. The number of ether oxygens (including phenoxy) is 2. The first-order valence-electron chi connectivity index (χ1n) is 7.42. The van der Waals surface area contributed by atoms with Crippen LogP contribution in [0.4, 0.5) is 0 Å². The standard InChI is InChI=1S/C16H22ClNO3/c1-3-14(16(19)18-10-12-5-4-8-20-12)21-15-9-11(2)6-7-13(15)17/h6-7,9,12,14H,3-5,8,10H2,1-2H3,(H,18,19)/t12-,14-/m0/s1. The van der Waals surface area contributed by atoms with Gasteiger partial charge in [0.15, 0.2) is 6.10 Å². The first-order chi connectivity index (χ1) is 10.1. The average Bonchev–Trinajstić information content (AvgIpc) is 2.99. The van der Waals surface area contributed by atoms with Gasteiger partial charge in [0.25, 0.3) is 5.91 Å². The molecule has 1 aliphatic rings. The van der Waals surface area contributed by atoms with E-state index in [0.717, 1.165) is 25.0 Å². The Balaban J connectivity index is 1.91. The van der Waals surface area contributed by atoms with Gasteiger partial charge in [-0.2, -0.15) is 0 Å². The van der Waals surface area contributed by atoms with E-state index in [1.807, 2.05) is 26.0 Å². The third-order valence-electron chi connectivity index (χ3n) is 3.55. The van der Waals surface area contributed by atoms with Crippen molar-refractivity contribution in [1.82, 2.24) is 5.32 Å². The van der Waals surface area contributed by atoms with Crippen molar-refractivity contribution in [2.75, 3.05) is 13.2 Å². The number of rotatable bonds is 6. The molecule has 4 nitrogen and oxygen atoms in total. The molecule has 5 heteroatoms. The first-order valence-corrected chi connectivity index (χ1v) is 7.80. The lowest BCUT2D eigenvalue weighted by molar-refractivity contribution is -0.128. The SMILES string of the molecule is CC[C@H](Oc1cc(C)ccc1Cl)C(=O)NC[C@@H]1CCCO1. The number of benzene rings is 1. The van der Waals surface area contributed by atoms with E-state index in [2.05, 4.69) is 5.32 Å². The molecule has 2 atom stereocenters.